The Balaban J connectivity index is 1.95. The molecule has 0 aliphatic carbocycles. The molecule has 0 unspecified atom stereocenters. The first-order valence-electron chi connectivity index (χ1n) is 8.04. The van der Waals surface area contributed by atoms with Crippen molar-refractivity contribution < 1.29 is 22.8 Å². The Morgan fingerprint density at radius 2 is 1.73 bits per heavy atom. The molecule has 2 aromatic carbocycles. The molecule has 0 radical (unpaired) electrons. The van der Waals surface area contributed by atoms with E-state index >= 15 is 0 Å². The minimum Gasteiger partial charge on any atom is -0.343 e. The summed E-state index contributed by atoms with van der Waals surface area (Å²) in [4.78, 5) is 23.9. The van der Waals surface area contributed by atoms with Crippen LogP contribution in [0.15, 0.2) is 54.6 Å². The Morgan fingerprint density at radius 1 is 1.04 bits per heavy atom. The number of halogens is 3. The molecular formula is C19H19F3N2O2. The van der Waals surface area contributed by atoms with Crippen LogP contribution < -0.4 is 10.6 Å². The van der Waals surface area contributed by atoms with E-state index in [9.17, 15) is 22.8 Å². The van der Waals surface area contributed by atoms with Crippen LogP contribution >= 0.6 is 0 Å². The highest BCUT2D eigenvalue weighted by molar-refractivity contribution is 5.97. The van der Waals surface area contributed by atoms with Crippen LogP contribution in [0.3, 0.4) is 0 Å². The first-order valence-corrected chi connectivity index (χ1v) is 8.04. The third kappa shape index (κ3) is 6.23. The standard InChI is InChI=1S/C19H19F3N2O2/c1-13(14-6-3-2-4-7-14)10-17(25)24-16-9-5-8-15(11-16)18(26)23-12-19(20,21)22/h2-9,11,13H,10,12H2,1H3,(H,23,26)(H,24,25)/t13-/m0/s1. The van der Waals surface area contributed by atoms with E-state index in [1.807, 2.05) is 37.3 Å². The van der Waals surface area contributed by atoms with Crippen LogP contribution in [0, 0.1) is 0 Å². The number of alkyl halides is 3. The number of anilines is 1. The summed E-state index contributed by atoms with van der Waals surface area (Å²) in [7, 11) is 0. The molecule has 2 aromatic rings. The summed E-state index contributed by atoms with van der Waals surface area (Å²) in [5.41, 5.74) is 1.43. The lowest BCUT2D eigenvalue weighted by Gasteiger charge is -2.13. The average molecular weight is 364 g/mol. The maximum atomic E-state index is 12.2. The number of rotatable bonds is 6. The van der Waals surface area contributed by atoms with Crippen LogP contribution in [0.25, 0.3) is 0 Å². The van der Waals surface area contributed by atoms with Gasteiger partial charge in [-0.1, -0.05) is 43.3 Å². The van der Waals surface area contributed by atoms with E-state index in [4.69, 9.17) is 0 Å². The van der Waals surface area contributed by atoms with Gasteiger partial charge in [0, 0.05) is 17.7 Å². The van der Waals surface area contributed by atoms with E-state index in [1.54, 1.807) is 11.4 Å². The molecule has 0 saturated carbocycles. The second-order valence-electron chi connectivity index (χ2n) is 5.94. The Bertz CT molecular complexity index is 761. The van der Waals surface area contributed by atoms with Crippen molar-refractivity contribution in [3.63, 3.8) is 0 Å². The van der Waals surface area contributed by atoms with Gasteiger partial charge in [-0.2, -0.15) is 13.2 Å². The van der Waals surface area contributed by atoms with E-state index in [0.717, 1.165) is 5.56 Å². The summed E-state index contributed by atoms with van der Waals surface area (Å²) in [6.07, 6.45) is -4.23. The van der Waals surface area contributed by atoms with Crippen molar-refractivity contribution in [2.45, 2.75) is 25.4 Å². The predicted molar refractivity (Wildman–Crippen MR) is 92.9 cm³/mol. The zero-order valence-electron chi connectivity index (χ0n) is 14.1. The molecule has 1 atom stereocenters. The molecule has 0 heterocycles. The zero-order valence-corrected chi connectivity index (χ0v) is 14.1. The summed E-state index contributed by atoms with van der Waals surface area (Å²) in [5, 5.41) is 4.47. The highest BCUT2D eigenvalue weighted by Gasteiger charge is 2.27. The van der Waals surface area contributed by atoms with Crippen LogP contribution in [0.1, 0.15) is 35.2 Å². The minimum atomic E-state index is -4.48. The maximum absolute atomic E-state index is 12.2. The van der Waals surface area contributed by atoms with Gasteiger partial charge in [0.05, 0.1) is 0 Å². The van der Waals surface area contributed by atoms with E-state index in [0.29, 0.717) is 5.69 Å². The third-order valence-corrected chi connectivity index (χ3v) is 3.72. The largest absolute Gasteiger partial charge is 0.405 e. The summed E-state index contributed by atoms with van der Waals surface area (Å²) in [6.45, 7) is 0.521. The molecule has 0 aromatic heterocycles. The fourth-order valence-electron chi connectivity index (χ4n) is 2.41. The summed E-state index contributed by atoms with van der Waals surface area (Å²) < 4.78 is 36.5. The molecule has 2 rings (SSSR count). The molecular weight excluding hydrogens is 345 g/mol. The molecule has 0 bridgehead atoms. The number of hydrogen-bond donors (Lipinski definition) is 2. The summed E-state index contributed by atoms with van der Waals surface area (Å²) in [5.74, 6) is -1.08. The normalized spacial score (nSPS) is 12.3. The summed E-state index contributed by atoms with van der Waals surface area (Å²) in [6, 6.07) is 15.4. The van der Waals surface area contributed by atoms with Crippen molar-refractivity contribution in [3.8, 4) is 0 Å². The number of carbonyl (C=O) groups is 2. The highest BCUT2D eigenvalue weighted by Crippen LogP contribution is 2.20. The molecule has 0 spiro atoms. The van der Waals surface area contributed by atoms with Crippen LogP contribution in [0.5, 0.6) is 0 Å². The van der Waals surface area contributed by atoms with Crippen LogP contribution in [0.4, 0.5) is 18.9 Å². The molecule has 26 heavy (non-hydrogen) atoms. The lowest BCUT2D eigenvalue weighted by atomic mass is 9.97. The smallest absolute Gasteiger partial charge is 0.343 e. The number of amides is 2. The van der Waals surface area contributed by atoms with Gasteiger partial charge in [-0.3, -0.25) is 9.59 Å². The Labute approximate surface area is 149 Å². The topological polar surface area (TPSA) is 58.2 Å². The van der Waals surface area contributed by atoms with Crippen LogP contribution in [-0.4, -0.2) is 24.5 Å². The molecule has 0 aliphatic rings. The van der Waals surface area contributed by atoms with Gasteiger partial charge in [0.25, 0.3) is 5.91 Å². The first-order chi connectivity index (χ1) is 12.2. The van der Waals surface area contributed by atoms with Gasteiger partial charge >= 0.3 is 6.18 Å². The molecule has 7 heteroatoms. The molecule has 0 fully saturated rings. The zero-order chi connectivity index (χ0) is 19.2. The maximum Gasteiger partial charge on any atom is 0.405 e. The molecule has 0 aliphatic heterocycles. The SMILES string of the molecule is C[C@@H](CC(=O)Nc1cccc(C(=O)NCC(F)(F)F)c1)c1ccccc1. The number of nitrogens with one attached hydrogen (secondary N) is 2. The fourth-order valence-corrected chi connectivity index (χ4v) is 2.41. The van der Waals surface area contributed by atoms with Crippen LogP contribution in [0.2, 0.25) is 0 Å². The number of hydrogen-bond acceptors (Lipinski definition) is 2. The Morgan fingerprint density at radius 3 is 2.38 bits per heavy atom. The van der Waals surface area contributed by atoms with Crippen molar-refractivity contribution in [3.05, 3.63) is 65.7 Å². The molecule has 2 amide bonds. The van der Waals surface area contributed by atoms with Gasteiger partial charge in [0.1, 0.15) is 6.54 Å². The molecule has 138 valence electrons. The van der Waals surface area contributed by atoms with Crippen molar-refractivity contribution in [1.29, 1.82) is 0 Å². The molecule has 4 nitrogen and oxygen atoms in total. The van der Waals surface area contributed by atoms with Crippen molar-refractivity contribution in [2.24, 2.45) is 0 Å². The number of benzene rings is 2. The lowest BCUT2D eigenvalue weighted by molar-refractivity contribution is -0.123. The number of carbonyl (C=O) groups excluding carboxylic acids is 2. The first kappa shape index (κ1) is 19.5. The predicted octanol–water partition coefficient (Wildman–Crippen LogP) is 4.11. The third-order valence-electron chi connectivity index (χ3n) is 3.72. The van der Waals surface area contributed by atoms with Crippen molar-refractivity contribution in [2.75, 3.05) is 11.9 Å². The van der Waals surface area contributed by atoms with Gasteiger partial charge in [-0.05, 0) is 29.7 Å². The van der Waals surface area contributed by atoms with Gasteiger partial charge in [-0.25, -0.2) is 0 Å². The van der Waals surface area contributed by atoms with Crippen molar-refractivity contribution >= 4 is 17.5 Å². The van der Waals surface area contributed by atoms with E-state index < -0.39 is 18.6 Å². The monoisotopic (exact) mass is 364 g/mol. The highest BCUT2D eigenvalue weighted by atomic mass is 19.4. The minimum absolute atomic E-state index is 0.00877. The van der Waals surface area contributed by atoms with Gasteiger partial charge in [0.2, 0.25) is 5.91 Å². The van der Waals surface area contributed by atoms with E-state index in [-0.39, 0.29) is 23.8 Å². The lowest BCUT2D eigenvalue weighted by Crippen LogP contribution is -2.33. The average Bonchev–Trinajstić information content (AvgIpc) is 2.60. The Hall–Kier alpha value is -2.83. The second-order valence-corrected chi connectivity index (χ2v) is 5.94. The fraction of sp³-hybridized carbons (Fsp3) is 0.263. The quantitative estimate of drug-likeness (QED) is 0.810. The van der Waals surface area contributed by atoms with E-state index in [2.05, 4.69) is 5.32 Å². The molecule has 0 saturated heterocycles. The van der Waals surface area contributed by atoms with Crippen LogP contribution in [-0.2, 0) is 4.79 Å². The van der Waals surface area contributed by atoms with Crippen molar-refractivity contribution in [1.82, 2.24) is 5.32 Å². The van der Waals surface area contributed by atoms with E-state index in [1.165, 1.54) is 18.2 Å². The van der Waals surface area contributed by atoms with Gasteiger partial charge in [0.15, 0.2) is 0 Å². The summed E-state index contributed by atoms with van der Waals surface area (Å²) >= 11 is 0. The second kappa shape index (κ2) is 8.51. The molecule has 2 N–H and O–H groups in total. The van der Waals surface area contributed by atoms with Gasteiger partial charge < -0.3 is 10.6 Å². The Kier molecular flexibility index (Phi) is 6.38. The van der Waals surface area contributed by atoms with Gasteiger partial charge in [-0.15, -0.1) is 0 Å².